The van der Waals surface area contributed by atoms with Crippen LogP contribution in [0.4, 0.5) is 11.4 Å². The van der Waals surface area contributed by atoms with E-state index < -0.39 is 4.92 Å². The van der Waals surface area contributed by atoms with Gasteiger partial charge in [-0.1, -0.05) is 32.3 Å². The van der Waals surface area contributed by atoms with Gasteiger partial charge in [0.2, 0.25) is 5.91 Å². The number of nitro groups is 1. The molecular formula is C15H20N2O3. The van der Waals surface area contributed by atoms with Crippen LogP contribution in [-0.2, 0) is 11.2 Å². The van der Waals surface area contributed by atoms with Crippen molar-refractivity contribution in [2.75, 3.05) is 5.32 Å². The predicted octanol–water partition coefficient (Wildman–Crippen LogP) is 3.68. The van der Waals surface area contributed by atoms with Crippen molar-refractivity contribution in [1.82, 2.24) is 0 Å². The van der Waals surface area contributed by atoms with Crippen molar-refractivity contribution in [3.63, 3.8) is 0 Å². The van der Waals surface area contributed by atoms with Gasteiger partial charge in [-0.3, -0.25) is 14.9 Å². The Bertz CT molecular complexity index is 508. The minimum atomic E-state index is -0.394. The van der Waals surface area contributed by atoms with Crippen molar-refractivity contribution < 1.29 is 9.72 Å². The summed E-state index contributed by atoms with van der Waals surface area (Å²) in [7, 11) is 0. The van der Waals surface area contributed by atoms with Crippen LogP contribution in [0.1, 0.15) is 44.6 Å². The third kappa shape index (κ3) is 3.35. The normalized spacial score (nSPS) is 15.8. The van der Waals surface area contributed by atoms with E-state index in [2.05, 4.69) is 5.32 Å². The first-order valence-electron chi connectivity index (χ1n) is 7.20. The number of anilines is 1. The second kappa shape index (κ2) is 6.50. The number of nitrogens with one attached hydrogen (secondary N) is 1. The molecule has 0 spiro atoms. The molecule has 1 fully saturated rings. The zero-order valence-electron chi connectivity index (χ0n) is 11.7. The highest BCUT2D eigenvalue weighted by Gasteiger charge is 2.22. The average molecular weight is 276 g/mol. The summed E-state index contributed by atoms with van der Waals surface area (Å²) in [6, 6.07) is 4.92. The van der Waals surface area contributed by atoms with Crippen LogP contribution < -0.4 is 5.32 Å². The number of nitro benzene ring substituents is 1. The summed E-state index contributed by atoms with van der Waals surface area (Å²) in [6.07, 6.45) is 5.82. The third-order valence-corrected chi connectivity index (χ3v) is 3.91. The molecule has 0 aliphatic heterocycles. The average Bonchev–Trinajstić information content (AvgIpc) is 2.48. The number of nitrogens with zero attached hydrogens (tertiary/aromatic N) is 1. The zero-order chi connectivity index (χ0) is 14.5. The smallest absolute Gasteiger partial charge is 0.274 e. The van der Waals surface area contributed by atoms with Crippen LogP contribution in [0.3, 0.4) is 0 Å². The van der Waals surface area contributed by atoms with E-state index in [4.69, 9.17) is 0 Å². The van der Waals surface area contributed by atoms with Crippen molar-refractivity contribution in [1.29, 1.82) is 0 Å². The zero-order valence-corrected chi connectivity index (χ0v) is 11.7. The lowest BCUT2D eigenvalue weighted by molar-refractivity contribution is -0.385. The fourth-order valence-corrected chi connectivity index (χ4v) is 2.72. The van der Waals surface area contributed by atoms with E-state index in [0.717, 1.165) is 25.7 Å². The molecule has 0 unspecified atom stereocenters. The number of amides is 1. The molecule has 1 N–H and O–H groups in total. The first kappa shape index (κ1) is 14.5. The van der Waals surface area contributed by atoms with Crippen LogP contribution in [0.2, 0.25) is 0 Å². The molecule has 0 saturated heterocycles. The van der Waals surface area contributed by atoms with Gasteiger partial charge in [0.15, 0.2) is 0 Å². The van der Waals surface area contributed by atoms with Crippen molar-refractivity contribution >= 4 is 17.3 Å². The monoisotopic (exact) mass is 276 g/mol. The quantitative estimate of drug-likeness (QED) is 0.673. The fourth-order valence-electron chi connectivity index (χ4n) is 2.72. The Morgan fingerprint density at radius 2 is 2.05 bits per heavy atom. The lowest BCUT2D eigenvalue weighted by Gasteiger charge is -2.20. The van der Waals surface area contributed by atoms with Crippen molar-refractivity contribution in [3.05, 3.63) is 33.9 Å². The van der Waals surface area contributed by atoms with E-state index in [1.165, 1.54) is 12.5 Å². The van der Waals surface area contributed by atoms with E-state index in [9.17, 15) is 14.9 Å². The Kier molecular flexibility index (Phi) is 4.71. The van der Waals surface area contributed by atoms with E-state index in [1.54, 1.807) is 12.1 Å². The van der Waals surface area contributed by atoms with Gasteiger partial charge in [0.1, 0.15) is 0 Å². The van der Waals surface area contributed by atoms with E-state index in [0.29, 0.717) is 17.7 Å². The van der Waals surface area contributed by atoms with Crippen molar-refractivity contribution in [2.24, 2.45) is 5.92 Å². The fraction of sp³-hybridized carbons (Fsp3) is 0.533. The van der Waals surface area contributed by atoms with Gasteiger partial charge in [0, 0.05) is 23.2 Å². The van der Waals surface area contributed by atoms with Gasteiger partial charge >= 0.3 is 0 Å². The number of hydrogen-bond acceptors (Lipinski definition) is 3. The molecule has 5 nitrogen and oxygen atoms in total. The van der Waals surface area contributed by atoms with Crippen LogP contribution in [-0.4, -0.2) is 10.8 Å². The minimum absolute atomic E-state index is 0.0109. The molecule has 1 aromatic carbocycles. The molecule has 1 amide bonds. The molecule has 5 heteroatoms. The molecule has 0 atom stereocenters. The summed E-state index contributed by atoms with van der Waals surface area (Å²) in [5.41, 5.74) is 1.28. The molecule has 0 radical (unpaired) electrons. The SMILES string of the molecule is CCc1ccc(NC(=O)C2CCCCC2)cc1[N+](=O)[O-]. The third-order valence-electron chi connectivity index (χ3n) is 3.91. The summed E-state index contributed by atoms with van der Waals surface area (Å²) in [6.45, 7) is 1.88. The predicted molar refractivity (Wildman–Crippen MR) is 77.7 cm³/mol. The highest BCUT2D eigenvalue weighted by atomic mass is 16.6. The lowest BCUT2D eigenvalue weighted by atomic mass is 9.88. The van der Waals surface area contributed by atoms with Crippen molar-refractivity contribution in [2.45, 2.75) is 45.4 Å². The summed E-state index contributed by atoms with van der Waals surface area (Å²) in [5, 5.41) is 13.8. The van der Waals surface area contributed by atoms with Gasteiger partial charge in [0.05, 0.1) is 4.92 Å². The number of carbonyl (C=O) groups is 1. The Balaban J connectivity index is 2.10. The maximum absolute atomic E-state index is 12.1. The van der Waals surface area contributed by atoms with Gasteiger partial charge in [-0.15, -0.1) is 0 Å². The molecule has 20 heavy (non-hydrogen) atoms. The van der Waals surface area contributed by atoms with Crippen LogP contribution in [0.25, 0.3) is 0 Å². The second-order valence-electron chi connectivity index (χ2n) is 5.28. The molecule has 1 saturated carbocycles. The van der Waals surface area contributed by atoms with Crippen molar-refractivity contribution in [3.8, 4) is 0 Å². The van der Waals surface area contributed by atoms with E-state index in [1.807, 2.05) is 6.92 Å². The largest absolute Gasteiger partial charge is 0.326 e. The molecule has 0 aromatic heterocycles. The molecule has 108 valence electrons. The maximum Gasteiger partial charge on any atom is 0.274 e. The Morgan fingerprint density at radius 1 is 1.35 bits per heavy atom. The second-order valence-corrected chi connectivity index (χ2v) is 5.28. The molecule has 0 heterocycles. The van der Waals surface area contributed by atoms with Gasteiger partial charge < -0.3 is 5.32 Å². The molecule has 1 aromatic rings. The number of rotatable bonds is 4. The molecule has 2 rings (SSSR count). The van der Waals surface area contributed by atoms with E-state index in [-0.39, 0.29) is 17.5 Å². The number of benzene rings is 1. The minimum Gasteiger partial charge on any atom is -0.326 e. The molecular weight excluding hydrogens is 256 g/mol. The first-order chi connectivity index (χ1) is 9.61. The van der Waals surface area contributed by atoms with Gasteiger partial charge in [-0.2, -0.15) is 0 Å². The highest BCUT2D eigenvalue weighted by Crippen LogP contribution is 2.27. The van der Waals surface area contributed by atoms with Gasteiger partial charge in [-0.25, -0.2) is 0 Å². The highest BCUT2D eigenvalue weighted by molar-refractivity contribution is 5.93. The summed E-state index contributed by atoms with van der Waals surface area (Å²) in [4.78, 5) is 22.7. The number of hydrogen-bond donors (Lipinski definition) is 1. The summed E-state index contributed by atoms with van der Waals surface area (Å²) < 4.78 is 0. The summed E-state index contributed by atoms with van der Waals surface area (Å²) >= 11 is 0. The topological polar surface area (TPSA) is 72.2 Å². The number of carbonyl (C=O) groups excluding carboxylic acids is 1. The Morgan fingerprint density at radius 3 is 2.65 bits per heavy atom. The molecule has 1 aliphatic rings. The van der Waals surface area contributed by atoms with Crippen LogP contribution in [0, 0.1) is 16.0 Å². The lowest BCUT2D eigenvalue weighted by Crippen LogP contribution is -2.24. The van der Waals surface area contributed by atoms with Crippen LogP contribution in [0.5, 0.6) is 0 Å². The summed E-state index contributed by atoms with van der Waals surface area (Å²) in [5.74, 6) is 0.0388. The van der Waals surface area contributed by atoms with E-state index >= 15 is 0 Å². The standard InChI is InChI=1S/C15H20N2O3/c1-2-11-8-9-13(10-14(11)17(19)20)16-15(18)12-6-4-3-5-7-12/h8-10,12H,2-7H2,1H3,(H,16,18). The van der Waals surface area contributed by atoms with Crippen LogP contribution in [0.15, 0.2) is 18.2 Å². The van der Waals surface area contributed by atoms with Gasteiger partial charge in [0.25, 0.3) is 5.69 Å². The maximum atomic E-state index is 12.1. The Labute approximate surface area is 118 Å². The number of aryl methyl sites for hydroxylation is 1. The molecule has 0 bridgehead atoms. The molecule has 1 aliphatic carbocycles. The van der Waals surface area contributed by atoms with Crippen LogP contribution >= 0.6 is 0 Å². The Hall–Kier alpha value is -1.91. The van der Waals surface area contributed by atoms with Gasteiger partial charge in [-0.05, 0) is 25.3 Å². The first-order valence-corrected chi connectivity index (χ1v) is 7.20.